The SMILES string of the molecule is CC1C=Cc2c(c3ccccc3n2-c2cccc(C3=CC#CC(c4cc(C#N)ccc4-n4c5ccccc5c5ccccc54)C=C3)c2)C1. The third-order valence-corrected chi connectivity index (χ3v) is 9.81. The zero-order chi connectivity index (χ0) is 32.2. The van der Waals surface area contributed by atoms with Crippen molar-refractivity contribution in [2.45, 2.75) is 19.3 Å². The van der Waals surface area contributed by atoms with Crippen molar-refractivity contribution in [3.8, 4) is 29.3 Å². The molecule has 0 radical (unpaired) electrons. The van der Waals surface area contributed by atoms with Crippen LogP contribution < -0.4 is 0 Å². The summed E-state index contributed by atoms with van der Waals surface area (Å²) in [6.07, 6.45) is 12.0. The van der Waals surface area contributed by atoms with Gasteiger partial charge in [0, 0.05) is 27.5 Å². The molecule has 0 fully saturated rings. The van der Waals surface area contributed by atoms with E-state index >= 15 is 0 Å². The van der Waals surface area contributed by atoms with Crippen LogP contribution in [0.1, 0.15) is 40.8 Å². The largest absolute Gasteiger partial charge is 0.310 e. The normalized spacial score (nSPS) is 16.7. The van der Waals surface area contributed by atoms with Crippen molar-refractivity contribution in [3.63, 3.8) is 0 Å². The molecule has 2 aliphatic carbocycles. The summed E-state index contributed by atoms with van der Waals surface area (Å²) >= 11 is 0. The molecule has 0 saturated heterocycles. The van der Waals surface area contributed by atoms with E-state index < -0.39 is 0 Å². The van der Waals surface area contributed by atoms with Gasteiger partial charge in [-0.25, -0.2) is 0 Å². The number of hydrogen-bond donors (Lipinski definition) is 0. The second-order valence-electron chi connectivity index (χ2n) is 12.8. The molecule has 9 rings (SSSR count). The number of aromatic nitrogens is 2. The van der Waals surface area contributed by atoms with E-state index in [9.17, 15) is 5.26 Å². The van der Waals surface area contributed by atoms with E-state index in [1.54, 1.807) is 0 Å². The van der Waals surface area contributed by atoms with Crippen molar-refractivity contribution in [3.05, 3.63) is 168 Å². The summed E-state index contributed by atoms with van der Waals surface area (Å²) in [5.74, 6) is 7.22. The van der Waals surface area contributed by atoms with E-state index in [2.05, 4.69) is 161 Å². The molecule has 0 bridgehead atoms. The van der Waals surface area contributed by atoms with Gasteiger partial charge in [-0.1, -0.05) is 104 Å². The highest BCUT2D eigenvalue weighted by Crippen LogP contribution is 2.38. The second kappa shape index (κ2) is 11.2. The first-order chi connectivity index (χ1) is 23.7. The van der Waals surface area contributed by atoms with Crippen LogP contribution in [0.3, 0.4) is 0 Å². The quantitative estimate of drug-likeness (QED) is 0.182. The number of hydrogen-bond acceptors (Lipinski definition) is 1. The van der Waals surface area contributed by atoms with Crippen LogP contribution in [0.25, 0.3) is 55.7 Å². The van der Waals surface area contributed by atoms with Gasteiger partial charge in [-0.3, -0.25) is 0 Å². The Balaban J connectivity index is 1.13. The van der Waals surface area contributed by atoms with Crippen molar-refractivity contribution < 1.29 is 0 Å². The van der Waals surface area contributed by atoms with Gasteiger partial charge >= 0.3 is 0 Å². The maximum atomic E-state index is 9.90. The number of rotatable bonds is 4. The highest BCUT2D eigenvalue weighted by molar-refractivity contribution is 6.09. The van der Waals surface area contributed by atoms with Crippen molar-refractivity contribution in [2.24, 2.45) is 5.92 Å². The average Bonchev–Trinajstić information content (AvgIpc) is 3.51. The molecule has 7 aromatic rings. The number of para-hydroxylation sites is 3. The number of nitrogens with zero attached hydrogens (tertiary/aromatic N) is 3. The van der Waals surface area contributed by atoms with Gasteiger partial charge in [-0.05, 0) is 95.3 Å². The van der Waals surface area contributed by atoms with E-state index in [1.165, 1.54) is 32.9 Å². The molecule has 2 atom stereocenters. The van der Waals surface area contributed by atoms with Gasteiger partial charge in [-0.2, -0.15) is 5.26 Å². The molecule has 2 heterocycles. The molecule has 2 aromatic heterocycles. The molecule has 3 nitrogen and oxygen atoms in total. The summed E-state index contributed by atoms with van der Waals surface area (Å²) < 4.78 is 4.72. The Hall–Kier alpha value is -6.29. The molecule has 0 spiro atoms. The molecule has 2 unspecified atom stereocenters. The minimum Gasteiger partial charge on any atom is -0.310 e. The Morgan fingerprint density at radius 1 is 0.708 bits per heavy atom. The van der Waals surface area contributed by atoms with Crippen molar-refractivity contribution in [1.29, 1.82) is 5.26 Å². The monoisotopic (exact) mass is 613 g/mol. The molecule has 0 N–H and O–H groups in total. The van der Waals surface area contributed by atoms with E-state index in [1.807, 2.05) is 18.2 Å². The summed E-state index contributed by atoms with van der Waals surface area (Å²) in [4.78, 5) is 0. The Bertz CT molecular complexity index is 2580. The fourth-order valence-corrected chi connectivity index (χ4v) is 7.59. The van der Waals surface area contributed by atoms with Gasteiger partial charge in [0.05, 0.1) is 39.8 Å². The Morgan fingerprint density at radius 2 is 1.42 bits per heavy atom. The molecular formula is C45H31N3. The maximum Gasteiger partial charge on any atom is 0.0991 e. The highest BCUT2D eigenvalue weighted by Gasteiger charge is 2.22. The van der Waals surface area contributed by atoms with Gasteiger partial charge in [0.2, 0.25) is 0 Å². The minimum absolute atomic E-state index is 0.197. The van der Waals surface area contributed by atoms with Crippen LogP contribution in [0.2, 0.25) is 0 Å². The number of fused-ring (bicyclic) bond motifs is 6. The second-order valence-corrected chi connectivity index (χ2v) is 12.8. The first-order valence-electron chi connectivity index (χ1n) is 16.5. The van der Waals surface area contributed by atoms with Crippen LogP contribution in [0.5, 0.6) is 0 Å². The van der Waals surface area contributed by atoms with Crippen LogP contribution in [0.15, 0.2) is 140 Å². The summed E-state index contributed by atoms with van der Waals surface area (Å²) in [6, 6.07) is 42.9. The van der Waals surface area contributed by atoms with Crippen LogP contribution in [0, 0.1) is 29.1 Å². The van der Waals surface area contributed by atoms with Gasteiger partial charge < -0.3 is 9.13 Å². The molecular weight excluding hydrogens is 583 g/mol. The number of benzene rings is 5. The molecule has 2 aliphatic rings. The maximum absolute atomic E-state index is 9.90. The number of nitriles is 1. The zero-order valence-corrected chi connectivity index (χ0v) is 26.6. The van der Waals surface area contributed by atoms with E-state index in [0.29, 0.717) is 11.5 Å². The molecule has 0 amide bonds. The lowest BCUT2D eigenvalue weighted by Gasteiger charge is -2.17. The topological polar surface area (TPSA) is 33.6 Å². The molecule has 226 valence electrons. The average molecular weight is 614 g/mol. The van der Waals surface area contributed by atoms with Crippen LogP contribution in [-0.2, 0) is 6.42 Å². The summed E-state index contributed by atoms with van der Waals surface area (Å²) in [7, 11) is 0. The zero-order valence-electron chi connectivity index (χ0n) is 26.6. The van der Waals surface area contributed by atoms with Gasteiger partial charge in [0.15, 0.2) is 0 Å². The molecule has 48 heavy (non-hydrogen) atoms. The lowest BCUT2D eigenvalue weighted by molar-refractivity contribution is 0.718. The Morgan fingerprint density at radius 3 is 2.17 bits per heavy atom. The summed E-state index contributed by atoms with van der Waals surface area (Å²) in [5.41, 5.74) is 12.2. The van der Waals surface area contributed by atoms with Crippen LogP contribution >= 0.6 is 0 Å². The molecule has 0 saturated carbocycles. The third-order valence-electron chi connectivity index (χ3n) is 9.81. The summed E-state index contributed by atoms with van der Waals surface area (Å²) in [5, 5.41) is 13.6. The Kier molecular flexibility index (Phi) is 6.53. The first kappa shape index (κ1) is 28.0. The molecule has 0 aliphatic heterocycles. The smallest absolute Gasteiger partial charge is 0.0991 e. The molecule has 5 aromatic carbocycles. The van der Waals surface area contributed by atoms with Crippen LogP contribution in [-0.4, -0.2) is 9.13 Å². The Labute approximate surface area is 280 Å². The standard InChI is InChI=1S/C45H31N3/c1-30-20-24-45-40(26-30)38-16-4-5-17-41(38)47(45)35-13-9-12-34(28-35)32-10-8-11-33(23-22-32)39-27-31(29-46)21-25-44(39)48-42-18-6-2-14-36(42)37-15-3-7-19-43(37)48/h2-7,9-10,12-25,27-28,30,33H,26H2,1H3. The predicted molar refractivity (Wildman–Crippen MR) is 198 cm³/mol. The van der Waals surface area contributed by atoms with Crippen molar-refractivity contribution in [2.75, 3.05) is 0 Å². The van der Waals surface area contributed by atoms with Gasteiger partial charge in [0.1, 0.15) is 0 Å². The van der Waals surface area contributed by atoms with E-state index in [4.69, 9.17) is 0 Å². The first-order valence-corrected chi connectivity index (χ1v) is 16.5. The molecule has 3 heteroatoms. The fourth-order valence-electron chi connectivity index (χ4n) is 7.59. The van der Waals surface area contributed by atoms with E-state index in [0.717, 1.165) is 45.5 Å². The highest BCUT2D eigenvalue weighted by atomic mass is 15.0. The third kappa shape index (κ3) is 4.44. The predicted octanol–water partition coefficient (Wildman–Crippen LogP) is 10.5. The van der Waals surface area contributed by atoms with Crippen molar-refractivity contribution >= 4 is 44.4 Å². The van der Waals surface area contributed by atoms with Gasteiger partial charge in [0.25, 0.3) is 0 Å². The van der Waals surface area contributed by atoms with Crippen molar-refractivity contribution in [1.82, 2.24) is 9.13 Å². The fraction of sp³-hybridized carbons (Fsp3) is 0.0889. The minimum atomic E-state index is -0.197. The lowest BCUT2D eigenvalue weighted by atomic mass is 9.93. The number of allylic oxidation sites excluding steroid dienone is 5. The van der Waals surface area contributed by atoms with E-state index in [-0.39, 0.29) is 5.92 Å². The van der Waals surface area contributed by atoms with Crippen LogP contribution in [0.4, 0.5) is 0 Å². The lowest BCUT2D eigenvalue weighted by Crippen LogP contribution is -2.05. The van der Waals surface area contributed by atoms with Gasteiger partial charge in [-0.15, -0.1) is 0 Å². The summed E-state index contributed by atoms with van der Waals surface area (Å²) in [6.45, 7) is 2.29.